The summed E-state index contributed by atoms with van der Waals surface area (Å²) in [5.41, 5.74) is 0.742. The van der Waals surface area contributed by atoms with Crippen LogP contribution < -0.4 is 5.32 Å². The third kappa shape index (κ3) is 1.91. The van der Waals surface area contributed by atoms with Gasteiger partial charge in [0.25, 0.3) is 0 Å². The molecule has 2 rings (SSSR count). The van der Waals surface area contributed by atoms with Crippen molar-refractivity contribution in [3.8, 4) is 0 Å². The molecule has 0 bridgehead atoms. The summed E-state index contributed by atoms with van der Waals surface area (Å²) in [6.45, 7) is 2.61. The van der Waals surface area contributed by atoms with Crippen LogP contribution >= 0.6 is 15.9 Å². The molecule has 0 aromatic heterocycles. The first-order valence-corrected chi connectivity index (χ1v) is 5.53. The molecule has 1 saturated heterocycles. The van der Waals surface area contributed by atoms with Gasteiger partial charge in [0.1, 0.15) is 5.82 Å². The quantitative estimate of drug-likeness (QED) is 0.835. The second-order valence-corrected chi connectivity index (χ2v) is 4.99. The fourth-order valence-electron chi connectivity index (χ4n) is 1.94. The van der Waals surface area contributed by atoms with E-state index in [2.05, 4.69) is 21.2 Å². The summed E-state index contributed by atoms with van der Waals surface area (Å²) in [5, 5.41) is 2.80. The number of halogens is 2. The van der Waals surface area contributed by atoms with Gasteiger partial charge in [0.05, 0.1) is 0 Å². The van der Waals surface area contributed by atoms with Crippen molar-refractivity contribution in [2.45, 2.75) is 18.8 Å². The first kappa shape index (κ1) is 10.6. The van der Waals surface area contributed by atoms with Crippen molar-refractivity contribution in [2.75, 3.05) is 6.54 Å². The van der Waals surface area contributed by atoms with Crippen LogP contribution in [0.1, 0.15) is 18.9 Å². The molecule has 15 heavy (non-hydrogen) atoms. The Bertz CT molecular complexity index is 421. The van der Waals surface area contributed by atoms with Gasteiger partial charge in [-0.2, -0.15) is 0 Å². The van der Waals surface area contributed by atoms with Gasteiger partial charge >= 0.3 is 0 Å². The highest BCUT2D eigenvalue weighted by molar-refractivity contribution is 9.10. The molecule has 0 spiro atoms. The van der Waals surface area contributed by atoms with Crippen LogP contribution in [0.5, 0.6) is 0 Å². The molecule has 0 saturated carbocycles. The van der Waals surface area contributed by atoms with E-state index >= 15 is 0 Å². The summed E-state index contributed by atoms with van der Waals surface area (Å²) in [6, 6.07) is 4.59. The highest BCUT2D eigenvalue weighted by atomic mass is 79.9. The molecular formula is C11H11BrFNO. The van der Waals surface area contributed by atoms with Crippen LogP contribution in [0.3, 0.4) is 0 Å². The predicted octanol–water partition coefficient (Wildman–Crippen LogP) is 2.37. The molecule has 1 aromatic carbocycles. The normalized spacial score (nSPS) is 25.4. The second kappa shape index (κ2) is 3.59. The Morgan fingerprint density at radius 1 is 1.53 bits per heavy atom. The number of benzene rings is 1. The number of carbonyl (C=O) groups is 1. The number of hydrogen-bond donors (Lipinski definition) is 1. The number of hydrogen-bond acceptors (Lipinski definition) is 1. The van der Waals surface area contributed by atoms with Crippen LogP contribution in [-0.4, -0.2) is 12.5 Å². The smallest absolute Gasteiger partial charge is 0.220 e. The molecule has 1 atom stereocenters. The molecule has 0 aliphatic carbocycles. The zero-order chi connectivity index (χ0) is 11.1. The lowest BCUT2D eigenvalue weighted by Gasteiger charge is -2.23. The van der Waals surface area contributed by atoms with Crippen molar-refractivity contribution in [1.29, 1.82) is 0 Å². The molecule has 1 amide bonds. The minimum absolute atomic E-state index is 0.0497. The van der Waals surface area contributed by atoms with E-state index in [0.29, 0.717) is 13.0 Å². The Balaban J connectivity index is 2.41. The third-order valence-corrected chi connectivity index (χ3v) is 3.46. The lowest BCUT2D eigenvalue weighted by Crippen LogP contribution is -2.25. The van der Waals surface area contributed by atoms with Gasteiger partial charge in [0.2, 0.25) is 5.91 Å². The average molecular weight is 272 g/mol. The molecular weight excluding hydrogens is 261 g/mol. The van der Waals surface area contributed by atoms with Crippen molar-refractivity contribution >= 4 is 21.8 Å². The van der Waals surface area contributed by atoms with Crippen molar-refractivity contribution in [3.05, 3.63) is 34.1 Å². The molecule has 2 nitrogen and oxygen atoms in total. The van der Waals surface area contributed by atoms with Gasteiger partial charge in [-0.15, -0.1) is 0 Å². The molecule has 0 radical (unpaired) electrons. The molecule has 1 aromatic rings. The Labute approximate surface area is 96.0 Å². The van der Waals surface area contributed by atoms with Crippen LogP contribution in [0.25, 0.3) is 0 Å². The van der Waals surface area contributed by atoms with E-state index in [1.807, 2.05) is 6.92 Å². The van der Waals surface area contributed by atoms with Crippen LogP contribution in [-0.2, 0) is 10.2 Å². The number of carbonyl (C=O) groups excluding carboxylic acids is 1. The van der Waals surface area contributed by atoms with Crippen molar-refractivity contribution < 1.29 is 9.18 Å². The van der Waals surface area contributed by atoms with Crippen molar-refractivity contribution in [2.24, 2.45) is 0 Å². The molecule has 1 heterocycles. The third-order valence-electron chi connectivity index (χ3n) is 2.81. The van der Waals surface area contributed by atoms with Gasteiger partial charge in [0, 0.05) is 22.9 Å². The fourth-order valence-corrected chi connectivity index (χ4v) is 2.77. The van der Waals surface area contributed by atoms with Gasteiger partial charge < -0.3 is 5.32 Å². The van der Waals surface area contributed by atoms with Gasteiger partial charge in [-0.25, -0.2) is 4.39 Å². The Morgan fingerprint density at radius 3 is 2.80 bits per heavy atom. The Morgan fingerprint density at radius 2 is 2.27 bits per heavy atom. The summed E-state index contributed by atoms with van der Waals surface area (Å²) in [5.74, 6) is -0.222. The van der Waals surface area contributed by atoms with Gasteiger partial charge in [0.15, 0.2) is 0 Å². The molecule has 1 unspecified atom stereocenters. The topological polar surface area (TPSA) is 29.1 Å². The van der Waals surface area contributed by atoms with E-state index in [9.17, 15) is 9.18 Å². The van der Waals surface area contributed by atoms with Crippen LogP contribution in [0.2, 0.25) is 0 Å². The van der Waals surface area contributed by atoms with Gasteiger partial charge in [-0.05, 0) is 17.7 Å². The first-order chi connectivity index (χ1) is 7.01. The maximum atomic E-state index is 12.9. The molecule has 80 valence electrons. The maximum Gasteiger partial charge on any atom is 0.220 e. The van der Waals surface area contributed by atoms with E-state index < -0.39 is 0 Å². The number of nitrogens with one attached hydrogen (secondary N) is 1. The zero-order valence-corrected chi connectivity index (χ0v) is 9.90. The van der Waals surface area contributed by atoms with Crippen molar-refractivity contribution in [3.63, 3.8) is 0 Å². The molecule has 4 heteroatoms. The van der Waals surface area contributed by atoms with E-state index in [1.54, 1.807) is 6.07 Å². The standard InChI is InChI=1S/C11H11BrFNO/c1-11(5-10(15)14-6-11)8-3-2-7(13)4-9(8)12/h2-4H,5-6H2,1H3,(H,14,15). The zero-order valence-electron chi connectivity index (χ0n) is 8.31. The highest BCUT2D eigenvalue weighted by Gasteiger charge is 2.36. The predicted molar refractivity (Wildman–Crippen MR) is 59.1 cm³/mol. The molecule has 1 fully saturated rings. The van der Waals surface area contributed by atoms with Crippen molar-refractivity contribution in [1.82, 2.24) is 5.32 Å². The monoisotopic (exact) mass is 271 g/mol. The minimum Gasteiger partial charge on any atom is -0.355 e. The number of amides is 1. The minimum atomic E-state index is -0.272. The summed E-state index contributed by atoms with van der Waals surface area (Å²) >= 11 is 3.33. The Kier molecular flexibility index (Phi) is 2.54. The van der Waals surface area contributed by atoms with Crippen LogP contribution in [0.15, 0.2) is 22.7 Å². The lowest BCUT2D eigenvalue weighted by molar-refractivity contribution is -0.119. The number of rotatable bonds is 1. The Hall–Kier alpha value is -0.900. The maximum absolute atomic E-state index is 12.9. The van der Waals surface area contributed by atoms with Crippen LogP contribution in [0, 0.1) is 5.82 Å². The largest absolute Gasteiger partial charge is 0.355 e. The van der Waals surface area contributed by atoms with Gasteiger partial charge in [-0.3, -0.25) is 4.79 Å². The van der Waals surface area contributed by atoms with Crippen LogP contribution in [0.4, 0.5) is 4.39 Å². The SMILES string of the molecule is CC1(c2ccc(F)cc2Br)CNC(=O)C1. The summed E-state index contributed by atoms with van der Waals surface area (Å²) in [6.07, 6.45) is 0.456. The molecule has 1 N–H and O–H groups in total. The lowest BCUT2D eigenvalue weighted by atomic mass is 9.82. The average Bonchev–Trinajstić information content (AvgIpc) is 2.46. The van der Waals surface area contributed by atoms with E-state index in [4.69, 9.17) is 0 Å². The van der Waals surface area contributed by atoms with E-state index in [-0.39, 0.29) is 17.1 Å². The second-order valence-electron chi connectivity index (χ2n) is 4.14. The molecule has 1 aliphatic heterocycles. The summed E-state index contributed by atoms with van der Waals surface area (Å²) in [7, 11) is 0. The molecule has 1 aliphatic rings. The first-order valence-electron chi connectivity index (χ1n) is 4.73. The summed E-state index contributed by atoms with van der Waals surface area (Å²) < 4.78 is 13.6. The van der Waals surface area contributed by atoms with E-state index in [0.717, 1.165) is 10.0 Å². The van der Waals surface area contributed by atoms with E-state index in [1.165, 1.54) is 12.1 Å². The fraction of sp³-hybridized carbons (Fsp3) is 0.364. The highest BCUT2D eigenvalue weighted by Crippen LogP contribution is 2.35. The van der Waals surface area contributed by atoms with Gasteiger partial charge in [-0.1, -0.05) is 28.9 Å². The summed E-state index contributed by atoms with van der Waals surface area (Å²) in [4.78, 5) is 11.2.